The lowest BCUT2D eigenvalue weighted by Crippen LogP contribution is -2.51. The maximum absolute atomic E-state index is 13.3. The summed E-state index contributed by atoms with van der Waals surface area (Å²) in [7, 11) is 0. The molecule has 1 unspecified atom stereocenters. The highest BCUT2D eigenvalue weighted by molar-refractivity contribution is 6.31. The summed E-state index contributed by atoms with van der Waals surface area (Å²) < 4.78 is 18.7. The minimum absolute atomic E-state index is 0.149. The van der Waals surface area contributed by atoms with Crippen LogP contribution in [0, 0.1) is 5.82 Å². The van der Waals surface area contributed by atoms with Crippen LogP contribution in [0.25, 0.3) is 0 Å². The van der Waals surface area contributed by atoms with Gasteiger partial charge in [-0.05, 0) is 56.2 Å². The van der Waals surface area contributed by atoms with E-state index in [-0.39, 0.29) is 24.4 Å². The number of nitrogens with one attached hydrogen (secondary N) is 1. The molecule has 0 saturated carbocycles. The fraction of sp³-hybridized carbons (Fsp3) is 0.393. The molecule has 0 aliphatic carbocycles. The molecule has 0 radical (unpaired) electrons. The molecule has 38 heavy (non-hydrogen) atoms. The van der Waals surface area contributed by atoms with Gasteiger partial charge in [-0.1, -0.05) is 29.8 Å². The third-order valence-electron chi connectivity index (χ3n) is 6.81. The van der Waals surface area contributed by atoms with Crippen molar-refractivity contribution in [2.45, 2.75) is 26.3 Å². The summed E-state index contributed by atoms with van der Waals surface area (Å²) in [6, 6.07) is 11.6. The van der Waals surface area contributed by atoms with Crippen LogP contribution >= 0.6 is 11.6 Å². The van der Waals surface area contributed by atoms with E-state index in [0.717, 1.165) is 0 Å². The molecule has 202 valence electrons. The van der Waals surface area contributed by atoms with Crippen molar-refractivity contribution in [1.29, 1.82) is 0 Å². The molecule has 0 aromatic heterocycles. The third kappa shape index (κ3) is 6.00. The van der Waals surface area contributed by atoms with Crippen molar-refractivity contribution in [2.75, 3.05) is 45.9 Å². The lowest BCUT2D eigenvalue weighted by atomic mass is 9.94. The van der Waals surface area contributed by atoms with Gasteiger partial charge < -0.3 is 15.0 Å². The number of carbonyl (C=O) groups is 3. The largest absolute Gasteiger partial charge is 0.463 e. The molecular weight excluding hydrogens is 511 g/mol. The second-order valence-electron chi connectivity index (χ2n) is 9.16. The van der Waals surface area contributed by atoms with Crippen molar-refractivity contribution in [3.8, 4) is 0 Å². The van der Waals surface area contributed by atoms with Crippen LogP contribution in [0.4, 0.5) is 9.18 Å². The molecule has 0 spiro atoms. The van der Waals surface area contributed by atoms with E-state index in [9.17, 15) is 18.8 Å². The van der Waals surface area contributed by atoms with Crippen molar-refractivity contribution < 1.29 is 23.5 Å². The normalized spacial score (nSPS) is 18.7. The van der Waals surface area contributed by atoms with Crippen molar-refractivity contribution >= 4 is 29.5 Å². The number of halogens is 2. The van der Waals surface area contributed by atoms with E-state index >= 15 is 0 Å². The number of ether oxygens (including phenoxy) is 1. The zero-order valence-electron chi connectivity index (χ0n) is 21.6. The summed E-state index contributed by atoms with van der Waals surface area (Å²) in [4.78, 5) is 44.9. The van der Waals surface area contributed by atoms with Crippen LogP contribution in [-0.4, -0.2) is 78.5 Å². The number of amides is 3. The van der Waals surface area contributed by atoms with Crippen LogP contribution in [0.5, 0.6) is 0 Å². The van der Waals surface area contributed by atoms with Crippen LogP contribution < -0.4 is 5.32 Å². The molecule has 8 nitrogen and oxygen atoms in total. The third-order valence-corrected chi connectivity index (χ3v) is 7.15. The number of nitrogens with zero attached hydrogens (tertiary/aromatic N) is 3. The number of rotatable bonds is 7. The van der Waals surface area contributed by atoms with Crippen molar-refractivity contribution in [3.05, 3.63) is 81.8 Å². The quantitative estimate of drug-likeness (QED) is 0.530. The maximum Gasteiger partial charge on any atom is 0.338 e. The van der Waals surface area contributed by atoms with Gasteiger partial charge in [0.15, 0.2) is 0 Å². The van der Waals surface area contributed by atoms with E-state index in [1.165, 1.54) is 24.3 Å². The van der Waals surface area contributed by atoms with Crippen LogP contribution in [0.1, 0.15) is 42.2 Å². The zero-order chi connectivity index (χ0) is 27.2. The Labute approximate surface area is 227 Å². The maximum atomic E-state index is 13.3. The molecule has 1 saturated heterocycles. The van der Waals surface area contributed by atoms with Crippen LogP contribution in [-0.2, 0) is 9.53 Å². The molecule has 4 rings (SSSR count). The first-order valence-corrected chi connectivity index (χ1v) is 13.2. The highest BCUT2D eigenvalue weighted by Crippen LogP contribution is 2.35. The average Bonchev–Trinajstić information content (AvgIpc) is 3.14. The van der Waals surface area contributed by atoms with E-state index in [4.69, 9.17) is 16.3 Å². The zero-order valence-corrected chi connectivity index (χ0v) is 22.3. The van der Waals surface area contributed by atoms with E-state index in [1.807, 2.05) is 13.0 Å². The summed E-state index contributed by atoms with van der Waals surface area (Å²) in [6.45, 7) is 6.70. The first-order valence-electron chi connectivity index (χ1n) is 12.8. The lowest BCUT2D eigenvalue weighted by Gasteiger charge is -2.38. The minimum Gasteiger partial charge on any atom is -0.463 e. The number of carbonyl (C=O) groups excluding carboxylic acids is 3. The molecule has 3 amide bonds. The highest BCUT2D eigenvalue weighted by Gasteiger charge is 2.39. The molecule has 1 atom stereocenters. The fourth-order valence-corrected chi connectivity index (χ4v) is 5.16. The fourth-order valence-electron chi connectivity index (χ4n) is 4.92. The van der Waals surface area contributed by atoms with Gasteiger partial charge in [0.05, 0.1) is 18.2 Å². The van der Waals surface area contributed by atoms with Gasteiger partial charge >= 0.3 is 12.0 Å². The van der Waals surface area contributed by atoms with Gasteiger partial charge in [-0.25, -0.2) is 14.0 Å². The van der Waals surface area contributed by atoms with E-state index in [0.29, 0.717) is 73.1 Å². The molecule has 10 heteroatoms. The molecular formula is C28H32ClFN4O4. The Morgan fingerprint density at radius 3 is 2.47 bits per heavy atom. The molecule has 2 aliphatic heterocycles. The monoisotopic (exact) mass is 542 g/mol. The summed E-state index contributed by atoms with van der Waals surface area (Å²) in [5.41, 5.74) is 1.98. The van der Waals surface area contributed by atoms with Crippen molar-refractivity contribution in [2.24, 2.45) is 0 Å². The van der Waals surface area contributed by atoms with Gasteiger partial charge in [-0.2, -0.15) is 0 Å². The van der Waals surface area contributed by atoms with Crippen molar-refractivity contribution in [3.63, 3.8) is 0 Å². The topological polar surface area (TPSA) is 82.2 Å². The Bertz CT molecular complexity index is 1220. The second kappa shape index (κ2) is 12.4. The molecule has 2 aliphatic rings. The van der Waals surface area contributed by atoms with Gasteiger partial charge in [0.25, 0.3) is 5.91 Å². The Balaban J connectivity index is 1.62. The van der Waals surface area contributed by atoms with Crippen molar-refractivity contribution in [1.82, 2.24) is 20.0 Å². The standard InChI is InChI=1S/C28H32ClFN4O4/c1-3-34-23(18-32-14-7-15-33(17-16-32)26(35)19-10-12-20(30)13-11-19)24(27(36)38-4-2)25(31-28(34)37)21-8-5-6-9-22(21)29/h5-6,8-13,25H,3-4,7,14-18H2,1-2H3,(H,31,37). The van der Waals surface area contributed by atoms with Crippen LogP contribution in [0.2, 0.25) is 5.02 Å². The van der Waals surface area contributed by atoms with Gasteiger partial charge in [0.2, 0.25) is 0 Å². The summed E-state index contributed by atoms with van der Waals surface area (Å²) >= 11 is 6.48. The van der Waals surface area contributed by atoms with Crippen LogP contribution in [0.3, 0.4) is 0 Å². The average molecular weight is 543 g/mol. The Morgan fingerprint density at radius 1 is 1.05 bits per heavy atom. The van der Waals surface area contributed by atoms with Gasteiger partial charge in [-0.15, -0.1) is 0 Å². The number of hydrogen-bond acceptors (Lipinski definition) is 5. The van der Waals surface area contributed by atoms with E-state index in [1.54, 1.807) is 34.9 Å². The van der Waals surface area contributed by atoms with Crippen LogP contribution in [0.15, 0.2) is 59.8 Å². The first-order chi connectivity index (χ1) is 18.3. The molecule has 1 fully saturated rings. The molecule has 2 aromatic rings. The number of urea groups is 1. The summed E-state index contributed by atoms with van der Waals surface area (Å²) in [5, 5.41) is 3.37. The predicted molar refractivity (Wildman–Crippen MR) is 142 cm³/mol. The summed E-state index contributed by atoms with van der Waals surface area (Å²) in [6.07, 6.45) is 0.710. The highest BCUT2D eigenvalue weighted by atomic mass is 35.5. The Morgan fingerprint density at radius 2 is 1.79 bits per heavy atom. The minimum atomic E-state index is -0.753. The second-order valence-corrected chi connectivity index (χ2v) is 9.57. The summed E-state index contributed by atoms with van der Waals surface area (Å²) in [5.74, 6) is -1.04. The number of esters is 1. The molecule has 2 aromatic carbocycles. The number of hydrogen-bond donors (Lipinski definition) is 1. The Kier molecular flexibility index (Phi) is 9.01. The molecule has 0 bridgehead atoms. The Hall–Kier alpha value is -3.43. The smallest absolute Gasteiger partial charge is 0.338 e. The lowest BCUT2D eigenvalue weighted by molar-refractivity contribution is -0.139. The van der Waals surface area contributed by atoms with Gasteiger partial charge in [-0.3, -0.25) is 14.6 Å². The number of likely N-dealkylation sites (N-methyl/N-ethyl adjacent to an activating group) is 1. The van der Waals surface area contributed by atoms with E-state index in [2.05, 4.69) is 10.2 Å². The molecule has 1 N–H and O–H groups in total. The first kappa shape index (κ1) is 27.6. The number of benzene rings is 2. The van der Waals surface area contributed by atoms with E-state index < -0.39 is 12.0 Å². The van der Waals surface area contributed by atoms with Gasteiger partial charge in [0, 0.05) is 55.6 Å². The SMILES string of the molecule is CCOC(=O)C1=C(CN2CCCN(C(=O)c3ccc(F)cc3)CC2)N(CC)C(=O)NC1c1ccccc1Cl. The predicted octanol–water partition coefficient (Wildman–Crippen LogP) is 4.23. The molecule has 2 heterocycles. The van der Waals surface area contributed by atoms with Gasteiger partial charge in [0.1, 0.15) is 5.82 Å².